The van der Waals surface area contributed by atoms with Gasteiger partial charge in [0.05, 0.1) is 0 Å². The molecule has 3 rings (SSSR count). The molecule has 0 fully saturated rings. The number of hydrogen-bond acceptors (Lipinski definition) is 0. The molecular weight excluding hydrogens is 367 g/mol. The van der Waals surface area contributed by atoms with Gasteiger partial charge in [-0.05, 0) is 79.1 Å². The highest BCUT2D eigenvalue weighted by Crippen LogP contribution is 2.28. The van der Waals surface area contributed by atoms with Crippen molar-refractivity contribution in [1.82, 2.24) is 0 Å². The Morgan fingerprint density at radius 2 is 1.53 bits per heavy atom. The molecule has 0 aliphatic rings. The van der Waals surface area contributed by atoms with Crippen LogP contribution in [0.1, 0.15) is 60.9 Å². The summed E-state index contributed by atoms with van der Waals surface area (Å²) in [5.74, 6) is 6.01. The van der Waals surface area contributed by atoms with Crippen LogP contribution in [-0.2, 0) is 12.8 Å². The second-order valence-electron chi connectivity index (χ2n) is 7.57. The van der Waals surface area contributed by atoms with E-state index in [-0.39, 0.29) is 5.82 Å². The van der Waals surface area contributed by atoms with Crippen LogP contribution in [0.5, 0.6) is 0 Å². The molecule has 0 aliphatic carbocycles. The minimum Gasteiger partial charge on any atom is -0.206 e. The molecule has 0 saturated carbocycles. The van der Waals surface area contributed by atoms with Crippen molar-refractivity contribution < 1.29 is 4.39 Å². The van der Waals surface area contributed by atoms with Gasteiger partial charge in [0.1, 0.15) is 5.82 Å². The van der Waals surface area contributed by atoms with Crippen LogP contribution in [-0.4, -0.2) is 0 Å². The second-order valence-corrected chi connectivity index (χ2v) is 7.57. The van der Waals surface area contributed by atoms with Crippen molar-refractivity contribution in [3.05, 3.63) is 108 Å². The summed E-state index contributed by atoms with van der Waals surface area (Å²) in [6.45, 7) is 8.11. The molecule has 0 saturated heterocycles. The molecule has 0 aromatic heterocycles. The highest BCUT2D eigenvalue weighted by Gasteiger charge is 2.10. The molecule has 152 valence electrons. The fourth-order valence-electron chi connectivity index (χ4n) is 3.59. The average molecular weight is 397 g/mol. The topological polar surface area (TPSA) is 0 Å². The number of aryl methyl sites for hydroxylation is 2. The van der Waals surface area contributed by atoms with Crippen LogP contribution in [0.4, 0.5) is 4.39 Å². The normalized spacial score (nSPS) is 10.5. The quantitative estimate of drug-likeness (QED) is 0.285. The van der Waals surface area contributed by atoms with Crippen LogP contribution >= 0.6 is 0 Å². The zero-order valence-electron chi connectivity index (χ0n) is 18.0. The lowest BCUT2D eigenvalue weighted by Crippen LogP contribution is -1.93. The van der Waals surface area contributed by atoms with Crippen LogP contribution in [0.2, 0.25) is 0 Å². The number of unbranched alkanes of at least 4 members (excludes halogenated alkanes) is 2. The van der Waals surface area contributed by atoms with Gasteiger partial charge in [-0.15, -0.1) is 0 Å². The first-order chi connectivity index (χ1) is 14.6. The van der Waals surface area contributed by atoms with E-state index in [1.807, 2.05) is 42.8 Å². The molecule has 0 amide bonds. The molecule has 0 bridgehead atoms. The smallest absolute Gasteiger partial charge is 0.132 e. The van der Waals surface area contributed by atoms with Gasteiger partial charge in [0.25, 0.3) is 0 Å². The SMILES string of the molecule is [CH2][CH]c1ccc(-c2ccc(C#Cc3ccc(CCCCC)cc3)cc2F)c(CC)c1. The van der Waals surface area contributed by atoms with E-state index >= 15 is 0 Å². The summed E-state index contributed by atoms with van der Waals surface area (Å²) in [5, 5.41) is 0. The highest BCUT2D eigenvalue weighted by molar-refractivity contribution is 5.69. The van der Waals surface area contributed by atoms with Crippen LogP contribution in [0.15, 0.2) is 60.7 Å². The largest absolute Gasteiger partial charge is 0.206 e. The van der Waals surface area contributed by atoms with Gasteiger partial charge in [-0.1, -0.05) is 74.9 Å². The predicted octanol–water partition coefficient (Wildman–Crippen LogP) is 7.57. The van der Waals surface area contributed by atoms with Gasteiger partial charge in [0.15, 0.2) is 0 Å². The molecule has 1 heteroatoms. The lowest BCUT2D eigenvalue weighted by atomic mass is 9.94. The molecule has 0 nitrogen and oxygen atoms in total. The molecule has 0 heterocycles. The molecule has 0 unspecified atom stereocenters. The summed E-state index contributed by atoms with van der Waals surface area (Å²) >= 11 is 0. The molecule has 0 atom stereocenters. The molecule has 3 aromatic carbocycles. The summed E-state index contributed by atoms with van der Waals surface area (Å²) in [6, 6.07) is 19.7. The summed E-state index contributed by atoms with van der Waals surface area (Å²) in [4.78, 5) is 0. The first-order valence-electron chi connectivity index (χ1n) is 10.8. The van der Waals surface area contributed by atoms with Gasteiger partial charge in [-0.3, -0.25) is 0 Å². The molecule has 0 spiro atoms. The van der Waals surface area contributed by atoms with Crippen molar-refractivity contribution in [3.63, 3.8) is 0 Å². The van der Waals surface area contributed by atoms with Crippen LogP contribution in [0.3, 0.4) is 0 Å². The molecule has 0 N–H and O–H groups in total. The van der Waals surface area contributed by atoms with Gasteiger partial charge in [0, 0.05) is 16.7 Å². The van der Waals surface area contributed by atoms with Crippen LogP contribution in [0, 0.1) is 31.0 Å². The monoisotopic (exact) mass is 396 g/mol. The summed E-state index contributed by atoms with van der Waals surface area (Å²) in [5.41, 5.74) is 6.69. The van der Waals surface area contributed by atoms with E-state index in [2.05, 4.69) is 50.8 Å². The molecule has 2 radical (unpaired) electrons. The minimum atomic E-state index is -0.242. The minimum absolute atomic E-state index is 0.242. The van der Waals surface area contributed by atoms with E-state index in [1.165, 1.54) is 30.9 Å². The Morgan fingerprint density at radius 3 is 2.20 bits per heavy atom. The molecular formula is C29H29F. The van der Waals surface area contributed by atoms with Gasteiger partial charge in [-0.2, -0.15) is 0 Å². The zero-order chi connectivity index (χ0) is 21.3. The lowest BCUT2D eigenvalue weighted by molar-refractivity contribution is 0.630. The first kappa shape index (κ1) is 21.8. The van der Waals surface area contributed by atoms with E-state index < -0.39 is 0 Å². The Kier molecular flexibility index (Phi) is 7.86. The number of benzene rings is 3. The summed E-state index contributed by atoms with van der Waals surface area (Å²) in [7, 11) is 0. The predicted molar refractivity (Wildman–Crippen MR) is 126 cm³/mol. The average Bonchev–Trinajstić information content (AvgIpc) is 2.78. The van der Waals surface area contributed by atoms with E-state index in [0.29, 0.717) is 11.1 Å². The third-order valence-electron chi connectivity index (χ3n) is 5.38. The maximum absolute atomic E-state index is 14.9. The summed E-state index contributed by atoms with van der Waals surface area (Å²) < 4.78 is 14.9. The van der Waals surface area contributed by atoms with Crippen molar-refractivity contribution >= 4 is 0 Å². The number of halogens is 1. The van der Waals surface area contributed by atoms with E-state index in [1.54, 1.807) is 0 Å². The van der Waals surface area contributed by atoms with Crippen molar-refractivity contribution in [2.75, 3.05) is 0 Å². The van der Waals surface area contributed by atoms with Crippen molar-refractivity contribution in [1.29, 1.82) is 0 Å². The Balaban J connectivity index is 1.77. The standard InChI is InChI=1S/C29H29F/c1-4-7-8-9-23-10-12-24(13-11-23)14-15-25-17-19-28(29(30)21-25)27-18-16-22(5-2)20-26(27)6-3/h5,10-13,16-21H,2,4,6-9H2,1,3H3. The van der Waals surface area contributed by atoms with Gasteiger partial charge < -0.3 is 0 Å². The molecule has 30 heavy (non-hydrogen) atoms. The Morgan fingerprint density at radius 1 is 0.833 bits per heavy atom. The molecule has 3 aromatic rings. The Labute approximate surface area is 181 Å². The van der Waals surface area contributed by atoms with E-state index in [0.717, 1.165) is 35.1 Å². The van der Waals surface area contributed by atoms with Gasteiger partial charge in [0.2, 0.25) is 0 Å². The van der Waals surface area contributed by atoms with Crippen molar-refractivity contribution in [3.8, 4) is 23.0 Å². The van der Waals surface area contributed by atoms with E-state index in [4.69, 9.17) is 0 Å². The number of rotatable bonds is 7. The van der Waals surface area contributed by atoms with Crippen LogP contribution in [0.25, 0.3) is 11.1 Å². The first-order valence-corrected chi connectivity index (χ1v) is 10.8. The Bertz CT molecular complexity index is 1030. The highest BCUT2D eigenvalue weighted by atomic mass is 19.1. The fraction of sp³-hybridized carbons (Fsp3) is 0.241. The zero-order valence-corrected chi connectivity index (χ0v) is 18.0. The maximum Gasteiger partial charge on any atom is 0.132 e. The lowest BCUT2D eigenvalue weighted by Gasteiger charge is -2.11. The third kappa shape index (κ3) is 5.61. The molecule has 0 aliphatic heterocycles. The van der Waals surface area contributed by atoms with Gasteiger partial charge >= 0.3 is 0 Å². The fourth-order valence-corrected chi connectivity index (χ4v) is 3.59. The Hall–Kier alpha value is -2.85. The number of hydrogen-bond donors (Lipinski definition) is 0. The summed E-state index contributed by atoms with van der Waals surface area (Å²) in [6.07, 6.45) is 7.49. The van der Waals surface area contributed by atoms with Crippen molar-refractivity contribution in [2.24, 2.45) is 0 Å². The van der Waals surface area contributed by atoms with Crippen LogP contribution < -0.4 is 0 Å². The maximum atomic E-state index is 14.9. The second kappa shape index (κ2) is 10.8. The van der Waals surface area contributed by atoms with Crippen molar-refractivity contribution in [2.45, 2.75) is 46.0 Å². The third-order valence-corrected chi connectivity index (χ3v) is 5.38. The van der Waals surface area contributed by atoms with E-state index in [9.17, 15) is 4.39 Å². The van der Waals surface area contributed by atoms with Gasteiger partial charge in [-0.25, -0.2) is 4.39 Å².